The van der Waals surface area contributed by atoms with Crippen LogP contribution in [0.3, 0.4) is 0 Å². The van der Waals surface area contributed by atoms with E-state index in [1.54, 1.807) is 17.0 Å². The molecule has 0 atom stereocenters. The summed E-state index contributed by atoms with van der Waals surface area (Å²) in [5.41, 5.74) is 1.05. The van der Waals surface area contributed by atoms with E-state index < -0.39 is 12.7 Å². The first-order valence-corrected chi connectivity index (χ1v) is 8.90. The van der Waals surface area contributed by atoms with Gasteiger partial charge >= 0.3 is 13.2 Å². The molecule has 2 N–H and O–H groups in total. The molecule has 0 aromatic heterocycles. The summed E-state index contributed by atoms with van der Waals surface area (Å²) in [5.74, 6) is 0. The first-order valence-electron chi connectivity index (χ1n) is 8.90. The third-order valence-electron chi connectivity index (χ3n) is 3.68. The summed E-state index contributed by atoms with van der Waals surface area (Å²) in [6, 6.07) is 7.27. The van der Waals surface area contributed by atoms with Gasteiger partial charge in [-0.3, -0.25) is 4.90 Å². The second kappa shape index (κ2) is 9.80. The van der Waals surface area contributed by atoms with Gasteiger partial charge in [0.1, 0.15) is 5.60 Å². The van der Waals surface area contributed by atoms with E-state index in [1.807, 2.05) is 46.8 Å². The molecule has 1 heterocycles. The summed E-state index contributed by atoms with van der Waals surface area (Å²) in [6.07, 6.45) is -0.262. The van der Waals surface area contributed by atoms with E-state index >= 15 is 0 Å². The average Bonchev–Trinajstić information content (AvgIpc) is 2.56. The molecule has 1 aliphatic heterocycles. The van der Waals surface area contributed by atoms with Crippen molar-refractivity contribution in [1.82, 2.24) is 9.80 Å². The number of piperazine rings is 1. The molecule has 0 radical (unpaired) electrons. The zero-order chi connectivity index (χ0) is 19.0. The zero-order valence-electron chi connectivity index (χ0n) is 16.0. The van der Waals surface area contributed by atoms with Gasteiger partial charge in [0.2, 0.25) is 0 Å². The van der Waals surface area contributed by atoms with Crippen molar-refractivity contribution in [2.45, 2.75) is 46.8 Å². The number of ether oxygens (including phenoxy) is 1. The number of amides is 1. The summed E-state index contributed by atoms with van der Waals surface area (Å²) >= 11 is 0. The van der Waals surface area contributed by atoms with E-state index in [0.717, 1.165) is 25.2 Å². The molecule has 0 bridgehead atoms. The Hall–Kier alpha value is -1.57. The van der Waals surface area contributed by atoms with E-state index in [0.29, 0.717) is 18.6 Å². The van der Waals surface area contributed by atoms with Gasteiger partial charge in [0, 0.05) is 32.7 Å². The van der Waals surface area contributed by atoms with Crippen LogP contribution in [-0.2, 0) is 11.3 Å². The maximum Gasteiger partial charge on any atom is 0.488 e. The molecular formula is C18H31BN2O4. The van der Waals surface area contributed by atoms with Crippen molar-refractivity contribution in [2.24, 2.45) is 0 Å². The van der Waals surface area contributed by atoms with Crippen LogP contribution in [0.1, 0.15) is 40.2 Å². The van der Waals surface area contributed by atoms with Crippen molar-refractivity contribution in [3.05, 3.63) is 29.8 Å². The van der Waals surface area contributed by atoms with Crippen molar-refractivity contribution >= 4 is 18.7 Å². The molecular weight excluding hydrogens is 319 g/mol. The highest BCUT2D eigenvalue weighted by atomic mass is 16.6. The lowest BCUT2D eigenvalue weighted by molar-refractivity contribution is 0.0139. The summed E-state index contributed by atoms with van der Waals surface area (Å²) in [6.45, 7) is 13.1. The Kier molecular flexibility index (Phi) is 8.42. The molecule has 1 fully saturated rings. The van der Waals surface area contributed by atoms with Crippen LogP contribution >= 0.6 is 0 Å². The molecule has 140 valence electrons. The lowest BCUT2D eigenvalue weighted by Gasteiger charge is -2.35. The third-order valence-corrected chi connectivity index (χ3v) is 3.68. The predicted molar refractivity (Wildman–Crippen MR) is 101 cm³/mol. The van der Waals surface area contributed by atoms with Gasteiger partial charge in [-0.25, -0.2) is 4.79 Å². The first kappa shape index (κ1) is 21.5. The van der Waals surface area contributed by atoms with E-state index in [9.17, 15) is 14.8 Å². The monoisotopic (exact) mass is 350 g/mol. The minimum Gasteiger partial charge on any atom is -0.444 e. The third kappa shape index (κ3) is 7.46. The first-order chi connectivity index (χ1) is 11.7. The number of carbonyl (C=O) groups excluding carboxylic acids is 1. The molecule has 1 aromatic rings. The van der Waals surface area contributed by atoms with Gasteiger partial charge in [0.25, 0.3) is 0 Å². The van der Waals surface area contributed by atoms with Crippen molar-refractivity contribution in [3.8, 4) is 0 Å². The molecule has 2 rings (SSSR count). The molecule has 25 heavy (non-hydrogen) atoms. The molecule has 0 unspecified atom stereocenters. The van der Waals surface area contributed by atoms with Crippen LogP contribution in [0.25, 0.3) is 0 Å². The Balaban J connectivity index is 0.00000151. The minimum atomic E-state index is -1.45. The standard InChI is InChI=1S/C16H25BN2O4.C2H6/c1-16(2,3)23-15(20)19-9-7-18(8-10-19)12-13-5-4-6-14(11-13)17(21)22;1-2/h4-6,11,21-22H,7-10,12H2,1-3H3;1-2H3. The molecule has 1 amide bonds. The summed E-state index contributed by atoms with van der Waals surface area (Å²) in [7, 11) is -1.45. The lowest BCUT2D eigenvalue weighted by Crippen LogP contribution is -2.49. The van der Waals surface area contributed by atoms with Crippen LogP contribution in [-0.4, -0.2) is 64.8 Å². The summed E-state index contributed by atoms with van der Waals surface area (Å²) in [5, 5.41) is 18.5. The van der Waals surface area contributed by atoms with Gasteiger partial charge in [-0.2, -0.15) is 0 Å². The van der Waals surface area contributed by atoms with E-state index in [2.05, 4.69) is 4.90 Å². The predicted octanol–water partition coefficient (Wildman–Crippen LogP) is 1.45. The fraction of sp³-hybridized carbons (Fsp3) is 0.611. The molecule has 0 saturated carbocycles. The topological polar surface area (TPSA) is 73.2 Å². The number of benzene rings is 1. The van der Waals surface area contributed by atoms with Crippen LogP contribution in [0.2, 0.25) is 0 Å². The largest absolute Gasteiger partial charge is 0.488 e. The van der Waals surface area contributed by atoms with Gasteiger partial charge in [-0.05, 0) is 31.8 Å². The minimum absolute atomic E-state index is 0.262. The molecule has 6 nitrogen and oxygen atoms in total. The molecule has 1 saturated heterocycles. The number of nitrogens with zero attached hydrogens (tertiary/aromatic N) is 2. The second-order valence-corrected chi connectivity index (χ2v) is 6.86. The quantitative estimate of drug-likeness (QED) is 0.808. The van der Waals surface area contributed by atoms with Gasteiger partial charge in [-0.15, -0.1) is 0 Å². The lowest BCUT2D eigenvalue weighted by atomic mass is 9.79. The fourth-order valence-electron chi connectivity index (χ4n) is 2.53. The van der Waals surface area contributed by atoms with Crippen molar-refractivity contribution < 1.29 is 19.6 Å². The van der Waals surface area contributed by atoms with Crippen LogP contribution in [0.15, 0.2) is 24.3 Å². The molecule has 1 aromatic carbocycles. The number of hydrogen-bond donors (Lipinski definition) is 2. The average molecular weight is 350 g/mol. The Morgan fingerprint density at radius 1 is 1.16 bits per heavy atom. The van der Waals surface area contributed by atoms with Crippen LogP contribution < -0.4 is 5.46 Å². The number of rotatable bonds is 3. The van der Waals surface area contributed by atoms with Crippen LogP contribution in [0.4, 0.5) is 4.79 Å². The van der Waals surface area contributed by atoms with Crippen molar-refractivity contribution in [3.63, 3.8) is 0 Å². The Labute approximate surface area is 151 Å². The second-order valence-electron chi connectivity index (χ2n) is 6.86. The highest BCUT2D eigenvalue weighted by Gasteiger charge is 2.25. The smallest absolute Gasteiger partial charge is 0.444 e. The maximum absolute atomic E-state index is 12.0. The Bertz CT molecular complexity index is 538. The SMILES string of the molecule is CC.CC(C)(C)OC(=O)N1CCN(Cc2cccc(B(O)O)c2)CC1. The van der Waals surface area contributed by atoms with Gasteiger partial charge < -0.3 is 19.7 Å². The summed E-state index contributed by atoms with van der Waals surface area (Å²) in [4.78, 5) is 16.0. The summed E-state index contributed by atoms with van der Waals surface area (Å²) < 4.78 is 5.39. The highest BCUT2D eigenvalue weighted by Crippen LogP contribution is 2.13. The molecule has 0 aliphatic carbocycles. The number of carbonyl (C=O) groups is 1. The zero-order valence-corrected chi connectivity index (χ0v) is 16.0. The Morgan fingerprint density at radius 2 is 1.76 bits per heavy atom. The molecule has 0 spiro atoms. The highest BCUT2D eigenvalue weighted by molar-refractivity contribution is 6.58. The number of hydrogen-bond acceptors (Lipinski definition) is 5. The fourth-order valence-corrected chi connectivity index (χ4v) is 2.53. The van der Waals surface area contributed by atoms with Crippen molar-refractivity contribution in [2.75, 3.05) is 26.2 Å². The maximum atomic E-state index is 12.0. The van der Waals surface area contributed by atoms with Crippen molar-refractivity contribution in [1.29, 1.82) is 0 Å². The van der Waals surface area contributed by atoms with E-state index in [4.69, 9.17) is 4.74 Å². The normalized spacial score (nSPS) is 15.2. The van der Waals surface area contributed by atoms with Gasteiger partial charge in [0.15, 0.2) is 0 Å². The van der Waals surface area contributed by atoms with E-state index in [-0.39, 0.29) is 6.09 Å². The molecule has 7 heteroatoms. The van der Waals surface area contributed by atoms with Gasteiger partial charge in [0.05, 0.1) is 0 Å². The van der Waals surface area contributed by atoms with Crippen LogP contribution in [0.5, 0.6) is 0 Å². The van der Waals surface area contributed by atoms with E-state index in [1.165, 1.54) is 0 Å². The molecule has 1 aliphatic rings. The van der Waals surface area contributed by atoms with Crippen LogP contribution in [0, 0.1) is 0 Å². The Morgan fingerprint density at radius 3 is 2.28 bits per heavy atom. The van der Waals surface area contributed by atoms with Gasteiger partial charge in [-0.1, -0.05) is 38.1 Å².